The van der Waals surface area contributed by atoms with Gasteiger partial charge in [-0.2, -0.15) is 4.31 Å². The van der Waals surface area contributed by atoms with E-state index in [-0.39, 0.29) is 11.8 Å². The van der Waals surface area contributed by atoms with E-state index in [1.165, 1.54) is 11.3 Å². The smallest absolute Gasteiger partial charge is 0.218 e. The number of aryl methyl sites for hydroxylation is 1. The Morgan fingerprint density at radius 2 is 2.10 bits per heavy atom. The lowest BCUT2D eigenvalue weighted by molar-refractivity contribution is 0.395. The van der Waals surface area contributed by atoms with Crippen LogP contribution in [0.4, 0.5) is 0 Å². The van der Waals surface area contributed by atoms with Crippen molar-refractivity contribution in [2.45, 2.75) is 31.6 Å². The highest BCUT2D eigenvalue weighted by Gasteiger charge is 2.36. The molecule has 0 bridgehead atoms. The summed E-state index contributed by atoms with van der Waals surface area (Å²) in [5.74, 6) is 0.0646. The lowest BCUT2D eigenvalue weighted by atomic mass is 10.2. The molecular weight excluding hydrogens is 304 g/mol. The predicted octanol–water partition coefficient (Wildman–Crippen LogP) is 3.12. The molecule has 1 aliphatic rings. The molecule has 2 heterocycles. The maximum atomic E-state index is 12.7. The summed E-state index contributed by atoms with van der Waals surface area (Å²) in [6.45, 7) is 2.59. The van der Waals surface area contributed by atoms with Gasteiger partial charge in [0.15, 0.2) is 0 Å². The molecule has 1 fully saturated rings. The van der Waals surface area contributed by atoms with E-state index < -0.39 is 10.0 Å². The molecule has 112 valence electrons. The van der Waals surface area contributed by atoms with Crippen molar-refractivity contribution in [2.24, 2.45) is 0 Å². The zero-order chi connectivity index (χ0) is 14.9. The number of rotatable bonds is 4. The van der Waals surface area contributed by atoms with Crippen LogP contribution in [0.1, 0.15) is 35.0 Å². The van der Waals surface area contributed by atoms with Crippen molar-refractivity contribution < 1.29 is 8.42 Å². The van der Waals surface area contributed by atoms with Gasteiger partial charge in [-0.05, 0) is 25.3 Å². The van der Waals surface area contributed by atoms with Crippen molar-refractivity contribution in [3.63, 3.8) is 0 Å². The number of hydrogen-bond acceptors (Lipinski definition) is 4. The second-order valence-electron chi connectivity index (χ2n) is 5.38. The monoisotopic (exact) mass is 322 g/mol. The van der Waals surface area contributed by atoms with Crippen LogP contribution in [0.15, 0.2) is 35.8 Å². The van der Waals surface area contributed by atoms with E-state index in [0.29, 0.717) is 6.54 Å². The lowest BCUT2D eigenvalue weighted by Gasteiger charge is -2.22. The second kappa shape index (κ2) is 5.87. The highest BCUT2D eigenvalue weighted by molar-refractivity contribution is 7.88. The maximum Gasteiger partial charge on any atom is 0.218 e. The average Bonchev–Trinajstić information content (AvgIpc) is 3.11. The SMILES string of the molecule is Cc1ccc(CS(=O)(=O)N2CCCC2c2nccs2)cc1. The van der Waals surface area contributed by atoms with Gasteiger partial charge in [-0.1, -0.05) is 29.8 Å². The molecule has 0 saturated carbocycles. The summed E-state index contributed by atoms with van der Waals surface area (Å²) in [6.07, 6.45) is 3.50. The molecular formula is C15H18N2O2S2. The molecule has 0 N–H and O–H groups in total. The van der Waals surface area contributed by atoms with Gasteiger partial charge in [0.1, 0.15) is 5.01 Å². The Bertz CT molecular complexity index is 694. The van der Waals surface area contributed by atoms with Gasteiger partial charge in [0.05, 0.1) is 11.8 Å². The highest BCUT2D eigenvalue weighted by Crippen LogP contribution is 2.36. The highest BCUT2D eigenvalue weighted by atomic mass is 32.2. The van der Waals surface area contributed by atoms with Gasteiger partial charge in [0.25, 0.3) is 0 Å². The number of benzene rings is 1. The zero-order valence-corrected chi connectivity index (χ0v) is 13.5. The fraction of sp³-hybridized carbons (Fsp3) is 0.400. The van der Waals surface area contributed by atoms with E-state index in [1.807, 2.05) is 36.6 Å². The Kier molecular flexibility index (Phi) is 4.10. The Balaban J connectivity index is 1.82. The van der Waals surface area contributed by atoms with E-state index in [1.54, 1.807) is 10.5 Å². The van der Waals surface area contributed by atoms with Gasteiger partial charge in [0, 0.05) is 18.1 Å². The molecule has 0 amide bonds. The van der Waals surface area contributed by atoms with Crippen molar-refractivity contribution >= 4 is 21.4 Å². The molecule has 3 rings (SSSR count). The van der Waals surface area contributed by atoms with Gasteiger partial charge >= 0.3 is 0 Å². The molecule has 0 spiro atoms. The Labute approximate surface area is 129 Å². The minimum absolute atomic E-state index is 0.0646. The fourth-order valence-corrected chi connectivity index (χ4v) is 5.33. The molecule has 4 nitrogen and oxygen atoms in total. The second-order valence-corrected chi connectivity index (χ2v) is 8.23. The summed E-state index contributed by atoms with van der Waals surface area (Å²) in [6, 6.07) is 7.60. The van der Waals surface area contributed by atoms with E-state index >= 15 is 0 Å². The first kappa shape index (κ1) is 14.7. The third-order valence-corrected chi connectivity index (χ3v) is 6.49. The van der Waals surface area contributed by atoms with Crippen molar-refractivity contribution in [1.29, 1.82) is 0 Å². The molecule has 2 aromatic rings. The summed E-state index contributed by atoms with van der Waals surface area (Å²) in [5, 5.41) is 2.80. The van der Waals surface area contributed by atoms with E-state index in [9.17, 15) is 8.42 Å². The molecule has 1 aromatic heterocycles. The summed E-state index contributed by atoms with van der Waals surface area (Å²) in [4.78, 5) is 4.29. The molecule has 1 aliphatic heterocycles. The molecule has 1 atom stereocenters. The third kappa shape index (κ3) is 3.17. The number of sulfonamides is 1. The summed E-state index contributed by atoms with van der Waals surface area (Å²) in [7, 11) is -3.30. The van der Waals surface area contributed by atoms with Crippen LogP contribution in [-0.4, -0.2) is 24.3 Å². The largest absolute Gasteiger partial charge is 0.248 e. The molecule has 6 heteroatoms. The molecule has 0 aliphatic carbocycles. The minimum atomic E-state index is -3.30. The van der Waals surface area contributed by atoms with Crippen LogP contribution in [0.2, 0.25) is 0 Å². The fourth-order valence-electron chi connectivity index (χ4n) is 2.70. The van der Waals surface area contributed by atoms with Gasteiger partial charge < -0.3 is 0 Å². The Hall–Kier alpha value is -1.24. The average molecular weight is 322 g/mol. The number of aromatic nitrogens is 1. The molecule has 21 heavy (non-hydrogen) atoms. The molecule has 1 saturated heterocycles. The number of hydrogen-bond donors (Lipinski definition) is 0. The predicted molar refractivity (Wildman–Crippen MR) is 84.6 cm³/mol. The Morgan fingerprint density at radius 3 is 2.76 bits per heavy atom. The first-order chi connectivity index (χ1) is 10.1. The van der Waals surface area contributed by atoms with Crippen LogP contribution in [0, 0.1) is 6.92 Å². The van der Waals surface area contributed by atoms with Crippen molar-refractivity contribution in [2.75, 3.05) is 6.54 Å². The zero-order valence-electron chi connectivity index (χ0n) is 11.9. The number of thiazole rings is 1. The normalized spacial score (nSPS) is 20.0. The lowest BCUT2D eigenvalue weighted by Crippen LogP contribution is -2.31. The van der Waals surface area contributed by atoms with Crippen molar-refractivity contribution in [3.05, 3.63) is 52.0 Å². The van der Waals surface area contributed by atoms with Crippen molar-refractivity contribution in [1.82, 2.24) is 9.29 Å². The summed E-state index contributed by atoms with van der Waals surface area (Å²) in [5.41, 5.74) is 1.98. The van der Waals surface area contributed by atoms with Crippen LogP contribution in [-0.2, 0) is 15.8 Å². The standard InChI is InChI=1S/C15H18N2O2S2/c1-12-4-6-13(7-5-12)11-21(18,19)17-9-2-3-14(17)15-16-8-10-20-15/h4-8,10,14H,2-3,9,11H2,1H3. The number of nitrogens with zero attached hydrogens (tertiary/aromatic N) is 2. The van der Waals surface area contributed by atoms with Crippen LogP contribution in [0.3, 0.4) is 0 Å². The van der Waals surface area contributed by atoms with Crippen LogP contribution in [0.5, 0.6) is 0 Å². The third-order valence-electron chi connectivity index (χ3n) is 3.77. The summed E-state index contributed by atoms with van der Waals surface area (Å²) < 4.78 is 27.0. The minimum Gasteiger partial charge on any atom is -0.248 e. The molecule has 0 radical (unpaired) electrons. The van der Waals surface area contributed by atoms with Crippen LogP contribution >= 0.6 is 11.3 Å². The quantitative estimate of drug-likeness (QED) is 0.869. The van der Waals surface area contributed by atoms with E-state index in [4.69, 9.17) is 0 Å². The molecule has 1 aromatic carbocycles. The topological polar surface area (TPSA) is 50.3 Å². The van der Waals surface area contributed by atoms with E-state index in [2.05, 4.69) is 4.98 Å². The maximum absolute atomic E-state index is 12.7. The first-order valence-corrected chi connectivity index (χ1v) is 9.49. The van der Waals surface area contributed by atoms with E-state index in [0.717, 1.165) is 29.0 Å². The Morgan fingerprint density at radius 1 is 1.33 bits per heavy atom. The van der Waals surface area contributed by atoms with Crippen molar-refractivity contribution in [3.8, 4) is 0 Å². The summed E-state index contributed by atoms with van der Waals surface area (Å²) >= 11 is 1.53. The van der Waals surface area contributed by atoms with Gasteiger partial charge in [-0.15, -0.1) is 11.3 Å². The van der Waals surface area contributed by atoms with Gasteiger partial charge in [-0.3, -0.25) is 0 Å². The van der Waals surface area contributed by atoms with Crippen LogP contribution in [0.25, 0.3) is 0 Å². The van der Waals surface area contributed by atoms with Crippen LogP contribution < -0.4 is 0 Å². The van der Waals surface area contributed by atoms with Gasteiger partial charge in [0.2, 0.25) is 10.0 Å². The van der Waals surface area contributed by atoms with Gasteiger partial charge in [-0.25, -0.2) is 13.4 Å². The molecule has 1 unspecified atom stereocenters. The first-order valence-electron chi connectivity index (χ1n) is 7.01.